The average Bonchev–Trinajstić information content (AvgIpc) is 3.13. The Morgan fingerprint density at radius 3 is 2.60 bits per heavy atom. The molecule has 2 aliphatic carbocycles. The molecule has 2 aliphatic heterocycles. The summed E-state index contributed by atoms with van der Waals surface area (Å²) in [6, 6.07) is 7.88. The molecular formula is C24H35FN4O. The second-order valence-corrected chi connectivity index (χ2v) is 9.60. The van der Waals surface area contributed by atoms with Crippen LogP contribution < -0.4 is 10.6 Å². The zero-order chi connectivity index (χ0) is 20.6. The number of likely N-dealkylation sites (tertiary alicyclic amines) is 1. The lowest BCUT2D eigenvalue weighted by Crippen LogP contribution is -2.72. The van der Waals surface area contributed by atoms with Crippen molar-refractivity contribution in [3.63, 3.8) is 0 Å². The number of rotatable bonds is 5. The van der Waals surface area contributed by atoms with Crippen molar-refractivity contribution in [1.82, 2.24) is 15.5 Å². The van der Waals surface area contributed by atoms with Crippen LogP contribution in [-0.2, 0) is 11.3 Å². The molecule has 5 nitrogen and oxygen atoms in total. The van der Waals surface area contributed by atoms with Crippen LogP contribution in [0.4, 0.5) is 4.39 Å². The smallest absolute Gasteiger partial charge is 0.191 e. The Kier molecular flexibility index (Phi) is 5.71. The third kappa shape index (κ3) is 3.73. The quantitative estimate of drug-likeness (QED) is 0.573. The van der Waals surface area contributed by atoms with Gasteiger partial charge in [-0.2, -0.15) is 0 Å². The maximum absolute atomic E-state index is 13.1. The number of benzene rings is 1. The molecule has 0 radical (unpaired) electrons. The minimum absolute atomic E-state index is 0.164. The van der Waals surface area contributed by atoms with Gasteiger partial charge in [0.05, 0.1) is 6.10 Å². The van der Waals surface area contributed by atoms with Crippen LogP contribution in [0.25, 0.3) is 0 Å². The summed E-state index contributed by atoms with van der Waals surface area (Å²) >= 11 is 0. The number of nitrogens with one attached hydrogen (secondary N) is 2. The number of fused-ring (bicyclic) bond motifs is 2. The molecule has 4 aliphatic rings. The largest absolute Gasteiger partial charge is 0.377 e. The Labute approximate surface area is 179 Å². The molecule has 1 aromatic rings. The molecule has 2 heterocycles. The molecule has 0 aromatic heterocycles. The lowest BCUT2D eigenvalue weighted by molar-refractivity contribution is -0.171. The van der Waals surface area contributed by atoms with Gasteiger partial charge in [-0.15, -0.1) is 0 Å². The molecule has 164 valence electrons. The highest BCUT2D eigenvalue weighted by Gasteiger charge is 2.66. The second kappa shape index (κ2) is 8.46. The molecule has 3 atom stereocenters. The Balaban J connectivity index is 1.14. The second-order valence-electron chi connectivity index (χ2n) is 9.60. The molecule has 2 N–H and O–H groups in total. The first-order chi connectivity index (χ1) is 14.7. The maximum Gasteiger partial charge on any atom is 0.191 e. The van der Waals surface area contributed by atoms with Gasteiger partial charge in [0, 0.05) is 56.2 Å². The van der Waals surface area contributed by atoms with E-state index in [1.54, 1.807) is 12.1 Å². The molecular weight excluding hydrogens is 379 g/mol. The fourth-order valence-corrected chi connectivity index (χ4v) is 6.17. The van der Waals surface area contributed by atoms with Gasteiger partial charge in [0.1, 0.15) is 5.82 Å². The summed E-state index contributed by atoms with van der Waals surface area (Å²) in [4.78, 5) is 7.24. The molecule has 30 heavy (non-hydrogen) atoms. The highest BCUT2D eigenvalue weighted by Crippen LogP contribution is 2.62. The summed E-state index contributed by atoms with van der Waals surface area (Å²) < 4.78 is 19.2. The topological polar surface area (TPSA) is 48.9 Å². The number of halogens is 1. The Morgan fingerprint density at radius 1 is 1.17 bits per heavy atom. The van der Waals surface area contributed by atoms with E-state index in [-0.39, 0.29) is 5.82 Å². The number of aliphatic imine (C=N–C) groups is 1. The van der Waals surface area contributed by atoms with E-state index in [0.717, 1.165) is 51.6 Å². The lowest BCUT2D eigenvalue weighted by Gasteiger charge is -2.63. The van der Waals surface area contributed by atoms with Crippen LogP contribution >= 0.6 is 0 Å². The van der Waals surface area contributed by atoms with E-state index in [0.29, 0.717) is 29.5 Å². The minimum atomic E-state index is -0.164. The van der Waals surface area contributed by atoms with Crippen LogP contribution in [0.1, 0.15) is 51.0 Å². The molecule has 0 amide bonds. The Hall–Kier alpha value is -1.66. The SMILES string of the molecule is CCN=C(NC1CCN(Cc2ccc(F)cc2)CC1)NC1C2CCOC2C12CCC2. The Bertz CT molecular complexity index is 755. The molecule has 0 bridgehead atoms. The van der Waals surface area contributed by atoms with Gasteiger partial charge in [-0.1, -0.05) is 18.6 Å². The molecule has 5 rings (SSSR count). The number of hydrogen-bond acceptors (Lipinski definition) is 3. The summed E-state index contributed by atoms with van der Waals surface area (Å²) in [5.74, 6) is 1.49. The number of piperidine rings is 1. The van der Waals surface area contributed by atoms with Crippen LogP contribution in [0.3, 0.4) is 0 Å². The van der Waals surface area contributed by atoms with E-state index in [1.807, 2.05) is 12.1 Å². The van der Waals surface area contributed by atoms with E-state index >= 15 is 0 Å². The lowest BCUT2D eigenvalue weighted by atomic mass is 9.46. The van der Waals surface area contributed by atoms with Crippen molar-refractivity contribution in [3.8, 4) is 0 Å². The normalized spacial score (nSPS) is 31.1. The van der Waals surface area contributed by atoms with Crippen LogP contribution in [0.5, 0.6) is 0 Å². The summed E-state index contributed by atoms with van der Waals surface area (Å²) in [5.41, 5.74) is 1.55. The summed E-state index contributed by atoms with van der Waals surface area (Å²) in [7, 11) is 0. The highest BCUT2D eigenvalue weighted by molar-refractivity contribution is 5.80. The van der Waals surface area contributed by atoms with Gasteiger partial charge < -0.3 is 15.4 Å². The van der Waals surface area contributed by atoms with Crippen molar-refractivity contribution in [1.29, 1.82) is 0 Å². The van der Waals surface area contributed by atoms with E-state index < -0.39 is 0 Å². The first kappa shape index (κ1) is 20.3. The third-order valence-corrected chi connectivity index (χ3v) is 7.89. The fourth-order valence-electron chi connectivity index (χ4n) is 6.17. The number of nitrogens with zero attached hydrogens (tertiary/aromatic N) is 2. The van der Waals surface area contributed by atoms with Crippen molar-refractivity contribution >= 4 is 5.96 Å². The van der Waals surface area contributed by atoms with Crippen molar-refractivity contribution in [3.05, 3.63) is 35.6 Å². The number of guanidine groups is 1. The molecule has 2 saturated heterocycles. The van der Waals surface area contributed by atoms with Gasteiger partial charge in [-0.05, 0) is 56.7 Å². The van der Waals surface area contributed by atoms with Crippen LogP contribution in [-0.4, -0.2) is 55.3 Å². The highest BCUT2D eigenvalue weighted by atomic mass is 19.1. The minimum Gasteiger partial charge on any atom is -0.377 e. The molecule has 3 unspecified atom stereocenters. The fraction of sp³-hybridized carbons (Fsp3) is 0.708. The van der Waals surface area contributed by atoms with E-state index in [9.17, 15) is 4.39 Å². The van der Waals surface area contributed by atoms with Crippen LogP contribution in [0.15, 0.2) is 29.3 Å². The van der Waals surface area contributed by atoms with E-state index in [1.165, 1.54) is 31.2 Å². The zero-order valence-electron chi connectivity index (χ0n) is 18.1. The van der Waals surface area contributed by atoms with Crippen molar-refractivity contribution in [2.75, 3.05) is 26.2 Å². The Morgan fingerprint density at radius 2 is 1.93 bits per heavy atom. The van der Waals surface area contributed by atoms with Gasteiger partial charge in [0.2, 0.25) is 0 Å². The van der Waals surface area contributed by atoms with Gasteiger partial charge in [-0.25, -0.2) is 4.39 Å². The summed E-state index contributed by atoms with van der Waals surface area (Å²) in [6.07, 6.45) is 7.82. The van der Waals surface area contributed by atoms with Crippen LogP contribution in [0.2, 0.25) is 0 Å². The maximum atomic E-state index is 13.1. The predicted octanol–water partition coefficient (Wildman–Crippen LogP) is 3.30. The molecule has 4 fully saturated rings. The third-order valence-electron chi connectivity index (χ3n) is 7.89. The summed E-state index contributed by atoms with van der Waals surface area (Å²) in [6.45, 7) is 6.84. The molecule has 1 aromatic carbocycles. The molecule has 1 spiro atoms. The van der Waals surface area contributed by atoms with E-state index in [2.05, 4.69) is 22.5 Å². The van der Waals surface area contributed by atoms with Gasteiger partial charge in [0.15, 0.2) is 5.96 Å². The van der Waals surface area contributed by atoms with Crippen molar-refractivity contribution in [2.45, 2.75) is 70.2 Å². The average molecular weight is 415 g/mol. The first-order valence-corrected chi connectivity index (χ1v) is 11.8. The standard InChI is InChI=1S/C24H35FN4O/c1-2-26-23(28-21-20-10-15-30-22(20)24(21)11-3-12-24)27-19-8-13-29(14-9-19)16-17-4-6-18(25)7-5-17/h4-7,19-22H,2-3,8-16H2,1H3,(H2,26,27,28). The number of hydrogen-bond donors (Lipinski definition) is 2. The van der Waals surface area contributed by atoms with Crippen molar-refractivity contribution < 1.29 is 9.13 Å². The van der Waals surface area contributed by atoms with Crippen LogP contribution in [0, 0.1) is 17.2 Å². The molecule has 6 heteroatoms. The van der Waals surface area contributed by atoms with Gasteiger partial charge in [-0.3, -0.25) is 9.89 Å². The van der Waals surface area contributed by atoms with Gasteiger partial charge >= 0.3 is 0 Å². The summed E-state index contributed by atoms with van der Waals surface area (Å²) in [5, 5.41) is 7.57. The molecule has 2 saturated carbocycles. The first-order valence-electron chi connectivity index (χ1n) is 11.8. The number of ether oxygens (including phenoxy) is 1. The van der Waals surface area contributed by atoms with Crippen molar-refractivity contribution in [2.24, 2.45) is 16.3 Å². The van der Waals surface area contributed by atoms with Gasteiger partial charge in [0.25, 0.3) is 0 Å². The monoisotopic (exact) mass is 414 g/mol. The van der Waals surface area contributed by atoms with E-state index in [4.69, 9.17) is 9.73 Å². The zero-order valence-corrected chi connectivity index (χ0v) is 18.1. The predicted molar refractivity (Wildman–Crippen MR) is 117 cm³/mol.